The van der Waals surface area contributed by atoms with Gasteiger partial charge in [0.2, 0.25) is 5.91 Å². The highest BCUT2D eigenvalue weighted by atomic mass is 35.5. The normalized spacial score (nSPS) is 15.8. The molecule has 0 spiro atoms. The van der Waals surface area contributed by atoms with Gasteiger partial charge in [-0.1, -0.05) is 65.3 Å². The number of fused-ring (bicyclic) bond motifs is 1. The van der Waals surface area contributed by atoms with Crippen molar-refractivity contribution < 1.29 is 4.79 Å². The Morgan fingerprint density at radius 1 is 1.18 bits per heavy atom. The molecule has 1 aromatic heterocycles. The Hall–Kier alpha value is -2.57. The first-order valence-corrected chi connectivity index (χ1v) is 10.2. The smallest absolute Gasteiger partial charge is 0.257 e. The lowest BCUT2D eigenvalue weighted by Crippen LogP contribution is -2.31. The number of carbonyl (C=O) groups excluding carboxylic acids is 1. The van der Waals surface area contributed by atoms with Gasteiger partial charge in [-0.3, -0.25) is 9.59 Å². The first kappa shape index (κ1) is 18.8. The minimum absolute atomic E-state index is 0.162. The maximum Gasteiger partial charge on any atom is 0.257 e. The van der Waals surface area contributed by atoms with E-state index in [1.807, 2.05) is 19.1 Å². The third kappa shape index (κ3) is 3.98. The van der Waals surface area contributed by atoms with Crippen molar-refractivity contribution in [2.45, 2.75) is 30.2 Å². The fourth-order valence-electron chi connectivity index (χ4n) is 3.26. The van der Waals surface area contributed by atoms with Crippen molar-refractivity contribution in [1.29, 1.82) is 0 Å². The molecule has 1 aliphatic rings. The van der Waals surface area contributed by atoms with Gasteiger partial charge in [-0.15, -0.1) is 0 Å². The Labute approximate surface area is 171 Å². The Balaban J connectivity index is 1.65. The number of thioether (sulfide) groups is 1. The minimum Gasteiger partial charge on any atom is -0.310 e. The van der Waals surface area contributed by atoms with Gasteiger partial charge in [0.1, 0.15) is 5.82 Å². The first-order valence-electron chi connectivity index (χ1n) is 8.87. The summed E-state index contributed by atoms with van der Waals surface area (Å²) in [7, 11) is 0. The average molecular weight is 412 g/mol. The molecule has 1 aliphatic heterocycles. The number of H-pyrrole nitrogens is 1. The van der Waals surface area contributed by atoms with Gasteiger partial charge in [0.25, 0.3) is 5.56 Å². The van der Waals surface area contributed by atoms with Crippen LogP contribution in [0.15, 0.2) is 58.5 Å². The molecule has 5 nitrogen and oxygen atoms in total. The van der Waals surface area contributed by atoms with Crippen LogP contribution in [0.1, 0.15) is 34.6 Å². The number of hydrogen-bond donors (Lipinski definition) is 2. The quantitative estimate of drug-likeness (QED) is 0.489. The first-order chi connectivity index (χ1) is 13.5. The number of aromatic nitrogens is 2. The summed E-state index contributed by atoms with van der Waals surface area (Å²) in [6.45, 7) is 2.04. The van der Waals surface area contributed by atoms with Crippen LogP contribution in [-0.2, 0) is 10.5 Å². The van der Waals surface area contributed by atoms with Gasteiger partial charge in [-0.05, 0) is 30.2 Å². The summed E-state index contributed by atoms with van der Waals surface area (Å²) >= 11 is 7.52. The lowest BCUT2D eigenvalue weighted by Gasteiger charge is -2.24. The molecule has 7 heteroatoms. The van der Waals surface area contributed by atoms with Gasteiger partial charge in [-0.25, -0.2) is 4.98 Å². The summed E-state index contributed by atoms with van der Waals surface area (Å²) in [6.07, 6.45) is 0.188. The van der Waals surface area contributed by atoms with Crippen LogP contribution in [0.4, 0.5) is 5.82 Å². The molecule has 0 saturated carbocycles. The van der Waals surface area contributed by atoms with Crippen molar-refractivity contribution in [3.05, 3.63) is 86.2 Å². The molecule has 4 rings (SSSR count). The number of benzene rings is 2. The highest BCUT2D eigenvalue weighted by Gasteiger charge is 2.31. The zero-order chi connectivity index (χ0) is 19.7. The average Bonchev–Trinajstić information content (AvgIpc) is 2.66. The van der Waals surface area contributed by atoms with Crippen LogP contribution >= 0.6 is 23.4 Å². The van der Waals surface area contributed by atoms with Crippen molar-refractivity contribution in [3.63, 3.8) is 0 Å². The highest BCUT2D eigenvalue weighted by Crippen LogP contribution is 2.35. The third-order valence-electron chi connectivity index (χ3n) is 4.68. The standard InChI is InChI=1S/C21H18ClN3O2S/c1-12-5-7-13(8-6-12)11-28-21-24-19-18(20(27)25-21)16(10-17(26)23-19)14-3-2-4-15(22)9-14/h2-9,16H,10-11H2,1H3,(H2,23,24,25,26,27). The molecule has 0 saturated heterocycles. The SMILES string of the molecule is Cc1ccc(CSc2nc3c(c(=O)[nH]2)C(c2cccc(Cl)c2)CC(=O)N3)cc1. The number of rotatable bonds is 4. The van der Waals surface area contributed by atoms with Gasteiger partial charge in [0.05, 0.1) is 5.56 Å². The number of nitrogens with one attached hydrogen (secondary N) is 2. The molecule has 28 heavy (non-hydrogen) atoms. The number of nitrogens with zero attached hydrogens (tertiary/aromatic N) is 1. The van der Waals surface area contributed by atoms with Crippen molar-refractivity contribution in [2.24, 2.45) is 0 Å². The lowest BCUT2D eigenvalue weighted by molar-refractivity contribution is -0.116. The zero-order valence-corrected chi connectivity index (χ0v) is 16.7. The summed E-state index contributed by atoms with van der Waals surface area (Å²) in [5, 5.41) is 3.80. The fourth-order valence-corrected chi connectivity index (χ4v) is 4.28. The van der Waals surface area contributed by atoms with Gasteiger partial charge >= 0.3 is 0 Å². The van der Waals surface area contributed by atoms with E-state index in [0.29, 0.717) is 27.3 Å². The molecule has 2 aromatic carbocycles. The maximum absolute atomic E-state index is 12.8. The summed E-state index contributed by atoms with van der Waals surface area (Å²) in [4.78, 5) is 32.4. The number of anilines is 1. The Morgan fingerprint density at radius 3 is 2.71 bits per heavy atom. The predicted octanol–water partition coefficient (Wildman–Crippen LogP) is 4.50. The fraction of sp³-hybridized carbons (Fsp3) is 0.190. The Kier molecular flexibility index (Phi) is 5.24. The van der Waals surface area contributed by atoms with Crippen LogP contribution in [0, 0.1) is 6.92 Å². The molecule has 0 radical (unpaired) electrons. The minimum atomic E-state index is -0.366. The van der Waals surface area contributed by atoms with Crippen molar-refractivity contribution >= 4 is 35.1 Å². The Bertz CT molecular complexity index is 1100. The van der Waals surface area contributed by atoms with E-state index < -0.39 is 0 Å². The highest BCUT2D eigenvalue weighted by molar-refractivity contribution is 7.98. The molecule has 2 heterocycles. The number of halogens is 1. The maximum atomic E-state index is 12.8. The zero-order valence-electron chi connectivity index (χ0n) is 15.2. The topological polar surface area (TPSA) is 74.8 Å². The second-order valence-electron chi connectivity index (χ2n) is 6.77. The summed E-state index contributed by atoms with van der Waals surface area (Å²) in [6, 6.07) is 15.4. The monoisotopic (exact) mass is 411 g/mol. The summed E-state index contributed by atoms with van der Waals surface area (Å²) in [5.74, 6) is 0.476. The third-order valence-corrected chi connectivity index (χ3v) is 5.86. The van der Waals surface area contributed by atoms with Crippen LogP contribution in [0.2, 0.25) is 5.02 Å². The molecule has 2 N–H and O–H groups in total. The molecule has 1 amide bonds. The molecule has 142 valence electrons. The van der Waals surface area contributed by atoms with E-state index in [1.165, 1.54) is 17.3 Å². The van der Waals surface area contributed by atoms with E-state index in [2.05, 4.69) is 39.6 Å². The largest absolute Gasteiger partial charge is 0.310 e. The van der Waals surface area contributed by atoms with E-state index in [1.54, 1.807) is 12.1 Å². The van der Waals surface area contributed by atoms with Gasteiger partial charge in [-0.2, -0.15) is 0 Å². The summed E-state index contributed by atoms with van der Waals surface area (Å²) in [5.41, 5.74) is 3.40. The molecular weight excluding hydrogens is 394 g/mol. The van der Waals surface area contributed by atoms with Gasteiger partial charge < -0.3 is 10.3 Å². The second-order valence-corrected chi connectivity index (χ2v) is 8.17. The molecule has 0 aliphatic carbocycles. The van der Waals surface area contributed by atoms with E-state index >= 15 is 0 Å². The molecule has 1 atom stereocenters. The molecule has 1 unspecified atom stereocenters. The van der Waals surface area contributed by atoms with Crippen LogP contribution < -0.4 is 10.9 Å². The number of hydrogen-bond acceptors (Lipinski definition) is 4. The van der Waals surface area contributed by atoms with Crippen molar-refractivity contribution in [3.8, 4) is 0 Å². The van der Waals surface area contributed by atoms with E-state index in [0.717, 1.165) is 11.1 Å². The van der Waals surface area contributed by atoms with Gasteiger partial charge in [0.15, 0.2) is 5.16 Å². The number of aryl methyl sites for hydroxylation is 1. The number of aromatic amines is 1. The van der Waals surface area contributed by atoms with Crippen molar-refractivity contribution in [1.82, 2.24) is 9.97 Å². The second kappa shape index (κ2) is 7.81. The van der Waals surface area contributed by atoms with Crippen LogP contribution in [0.5, 0.6) is 0 Å². The van der Waals surface area contributed by atoms with Crippen molar-refractivity contribution in [2.75, 3.05) is 5.32 Å². The Morgan fingerprint density at radius 2 is 1.96 bits per heavy atom. The van der Waals surface area contributed by atoms with E-state index in [4.69, 9.17) is 11.6 Å². The molecular formula is C21H18ClN3O2S. The van der Waals surface area contributed by atoms with E-state index in [-0.39, 0.29) is 23.8 Å². The van der Waals surface area contributed by atoms with Crippen LogP contribution in [0.3, 0.4) is 0 Å². The number of carbonyl (C=O) groups is 1. The molecule has 0 bridgehead atoms. The molecule has 3 aromatic rings. The van der Waals surface area contributed by atoms with Crippen LogP contribution in [-0.4, -0.2) is 15.9 Å². The number of amides is 1. The van der Waals surface area contributed by atoms with Gasteiger partial charge in [0, 0.05) is 23.1 Å². The predicted molar refractivity (Wildman–Crippen MR) is 112 cm³/mol. The van der Waals surface area contributed by atoms with E-state index in [9.17, 15) is 9.59 Å². The summed E-state index contributed by atoms with van der Waals surface area (Å²) < 4.78 is 0. The lowest BCUT2D eigenvalue weighted by atomic mass is 9.87. The molecule has 0 fully saturated rings. The van der Waals surface area contributed by atoms with Crippen LogP contribution in [0.25, 0.3) is 0 Å².